The van der Waals surface area contributed by atoms with E-state index in [-0.39, 0.29) is 0 Å². The monoisotopic (exact) mass is 185 g/mol. The van der Waals surface area contributed by atoms with Crippen LogP contribution in [-0.2, 0) is 0 Å². The number of aromatic nitrogens is 1. The number of pyridine rings is 1. The number of hydrogen-bond donors (Lipinski definition) is 0. The summed E-state index contributed by atoms with van der Waals surface area (Å²) in [6, 6.07) is 4.49. The summed E-state index contributed by atoms with van der Waals surface area (Å²) in [7, 11) is 0. The maximum absolute atomic E-state index is 4.38. The molecular weight excluding hydrogens is 170 g/mol. The predicted octanol–water partition coefficient (Wildman–Crippen LogP) is 3.47. The Hall–Kier alpha value is -1.37. The molecule has 0 unspecified atom stereocenters. The smallest absolute Gasteiger partial charge is 0.0451 e. The van der Waals surface area contributed by atoms with E-state index in [0.29, 0.717) is 0 Å². The van der Waals surface area contributed by atoms with Gasteiger partial charge in [0.1, 0.15) is 0 Å². The van der Waals surface area contributed by atoms with Crippen molar-refractivity contribution < 1.29 is 0 Å². The molecule has 0 aliphatic rings. The second-order valence-electron chi connectivity index (χ2n) is 4.01. The zero-order chi connectivity index (χ0) is 10.3. The first-order valence-electron chi connectivity index (χ1n) is 4.93. The van der Waals surface area contributed by atoms with Gasteiger partial charge in [-0.15, -0.1) is 0 Å². The molecular formula is C13H15N. The van der Waals surface area contributed by atoms with Crippen LogP contribution in [0.1, 0.15) is 22.4 Å². The largest absolute Gasteiger partial charge is 0.261 e. The van der Waals surface area contributed by atoms with Crippen molar-refractivity contribution in [2.45, 2.75) is 27.7 Å². The Morgan fingerprint density at radius 2 is 1.36 bits per heavy atom. The van der Waals surface area contributed by atoms with Crippen LogP contribution in [0.3, 0.4) is 0 Å². The van der Waals surface area contributed by atoms with E-state index in [0.717, 1.165) is 5.69 Å². The number of hydrogen-bond acceptors (Lipinski definition) is 1. The molecule has 0 amide bonds. The van der Waals surface area contributed by atoms with Crippen LogP contribution in [0.5, 0.6) is 0 Å². The summed E-state index contributed by atoms with van der Waals surface area (Å²) in [6.45, 7) is 8.49. The minimum atomic E-state index is 1.12. The first-order chi connectivity index (χ1) is 6.59. The Balaban J connectivity index is 2.94. The van der Waals surface area contributed by atoms with Gasteiger partial charge < -0.3 is 0 Å². The number of nitrogens with zero attached hydrogens (tertiary/aromatic N) is 1. The molecule has 1 aromatic heterocycles. The van der Waals surface area contributed by atoms with E-state index in [9.17, 15) is 0 Å². The Bertz CT molecular complexity index is 452. The topological polar surface area (TPSA) is 12.9 Å². The third-order valence-electron chi connectivity index (χ3n) is 2.90. The summed E-state index contributed by atoms with van der Waals surface area (Å²) in [5.41, 5.74) is 5.07. The summed E-state index contributed by atoms with van der Waals surface area (Å²) in [4.78, 5) is 4.38. The summed E-state index contributed by atoms with van der Waals surface area (Å²) >= 11 is 0. The highest BCUT2D eigenvalue weighted by atomic mass is 14.7. The van der Waals surface area contributed by atoms with Gasteiger partial charge in [0.05, 0.1) is 0 Å². The average Bonchev–Trinajstić information content (AvgIpc) is 2.15. The molecule has 0 N–H and O–H groups in total. The van der Waals surface area contributed by atoms with Crippen LogP contribution in [-0.4, -0.2) is 4.98 Å². The van der Waals surface area contributed by atoms with Gasteiger partial charge in [-0.3, -0.25) is 4.98 Å². The third kappa shape index (κ3) is 1.29. The van der Waals surface area contributed by atoms with Crippen LogP contribution < -0.4 is 0 Å². The lowest BCUT2D eigenvalue weighted by Gasteiger charge is -2.08. The molecule has 2 aromatic rings. The zero-order valence-corrected chi connectivity index (χ0v) is 9.18. The molecule has 2 rings (SSSR count). The fraction of sp³-hybridized carbons (Fsp3) is 0.308. The quantitative estimate of drug-likeness (QED) is 0.612. The molecule has 0 fully saturated rings. The first-order valence-corrected chi connectivity index (χ1v) is 4.93. The predicted molar refractivity (Wildman–Crippen MR) is 60.7 cm³/mol. The summed E-state index contributed by atoms with van der Waals surface area (Å²) in [5, 5.41) is 2.62. The molecule has 0 aliphatic carbocycles. The Morgan fingerprint density at radius 1 is 0.786 bits per heavy atom. The van der Waals surface area contributed by atoms with E-state index in [1.54, 1.807) is 0 Å². The zero-order valence-electron chi connectivity index (χ0n) is 9.18. The molecule has 1 aromatic carbocycles. The summed E-state index contributed by atoms with van der Waals surface area (Å²) < 4.78 is 0. The molecule has 0 atom stereocenters. The normalized spacial score (nSPS) is 10.9. The van der Waals surface area contributed by atoms with Gasteiger partial charge in [-0.05, 0) is 55.8 Å². The highest BCUT2D eigenvalue weighted by Gasteiger charge is 2.03. The minimum Gasteiger partial charge on any atom is -0.261 e. The van der Waals surface area contributed by atoms with Crippen LogP contribution in [0, 0.1) is 27.7 Å². The molecule has 1 heterocycles. The minimum absolute atomic E-state index is 1.12. The number of rotatable bonds is 0. The van der Waals surface area contributed by atoms with Gasteiger partial charge in [-0.1, -0.05) is 6.07 Å². The standard InChI is InChI=1S/C13H15N/c1-8-5-12-10(3)7-14-11(4)13(12)6-9(8)2/h5-7H,1-4H3. The van der Waals surface area contributed by atoms with E-state index < -0.39 is 0 Å². The first kappa shape index (κ1) is 9.20. The fourth-order valence-corrected chi connectivity index (χ4v) is 1.77. The highest BCUT2D eigenvalue weighted by Crippen LogP contribution is 2.23. The average molecular weight is 185 g/mol. The molecule has 0 saturated carbocycles. The summed E-state index contributed by atoms with van der Waals surface area (Å²) in [5.74, 6) is 0. The number of benzene rings is 1. The van der Waals surface area contributed by atoms with Crippen molar-refractivity contribution in [1.82, 2.24) is 4.98 Å². The lowest BCUT2D eigenvalue weighted by Crippen LogP contribution is -1.90. The van der Waals surface area contributed by atoms with Crippen LogP contribution in [0.2, 0.25) is 0 Å². The van der Waals surface area contributed by atoms with Crippen LogP contribution in [0.15, 0.2) is 18.3 Å². The van der Waals surface area contributed by atoms with E-state index in [2.05, 4.69) is 44.8 Å². The second kappa shape index (κ2) is 3.09. The van der Waals surface area contributed by atoms with Crippen molar-refractivity contribution in [2.75, 3.05) is 0 Å². The van der Waals surface area contributed by atoms with Gasteiger partial charge in [0.25, 0.3) is 0 Å². The molecule has 1 nitrogen and oxygen atoms in total. The fourth-order valence-electron chi connectivity index (χ4n) is 1.77. The lowest BCUT2D eigenvalue weighted by molar-refractivity contribution is 1.20. The molecule has 72 valence electrons. The van der Waals surface area contributed by atoms with Gasteiger partial charge in [-0.2, -0.15) is 0 Å². The Morgan fingerprint density at radius 3 is 2.00 bits per heavy atom. The van der Waals surface area contributed by atoms with Crippen molar-refractivity contribution in [3.63, 3.8) is 0 Å². The number of aryl methyl sites for hydroxylation is 4. The van der Waals surface area contributed by atoms with E-state index in [1.807, 2.05) is 6.20 Å². The van der Waals surface area contributed by atoms with Crippen molar-refractivity contribution in [3.8, 4) is 0 Å². The van der Waals surface area contributed by atoms with Crippen molar-refractivity contribution in [1.29, 1.82) is 0 Å². The van der Waals surface area contributed by atoms with Crippen LogP contribution in [0.4, 0.5) is 0 Å². The highest BCUT2D eigenvalue weighted by molar-refractivity contribution is 5.88. The van der Waals surface area contributed by atoms with Crippen molar-refractivity contribution >= 4 is 10.8 Å². The van der Waals surface area contributed by atoms with Gasteiger partial charge in [0, 0.05) is 17.3 Å². The van der Waals surface area contributed by atoms with Gasteiger partial charge >= 0.3 is 0 Å². The van der Waals surface area contributed by atoms with Crippen LogP contribution in [0.25, 0.3) is 10.8 Å². The van der Waals surface area contributed by atoms with Gasteiger partial charge in [-0.25, -0.2) is 0 Å². The maximum atomic E-state index is 4.38. The SMILES string of the molecule is Cc1cc2c(C)cnc(C)c2cc1C. The summed E-state index contributed by atoms with van der Waals surface area (Å²) in [6.07, 6.45) is 1.95. The number of fused-ring (bicyclic) bond motifs is 1. The van der Waals surface area contributed by atoms with Gasteiger partial charge in [0.15, 0.2) is 0 Å². The van der Waals surface area contributed by atoms with E-state index in [4.69, 9.17) is 0 Å². The molecule has 0 spiro atoms. The van der Waals surface area contributed by atoms with E-state index >= 15 is 0 Å². The Kier molecular flexibility index (Phi) is 2.03. The van der Waals surface area contributed by atoms with E-state index in [1.165, 1.54) is 27.5 Å². The van der Waals surface area contributed by atoms with Gasteiger partial charge in [0.2, 0.25) is 0 Å². The lowest BCUT2D eigenvalue weighted by atomic mass is 10.00. The molecule has 0 radical (unpaired) electrons. The Labute approximate surface area is 84.8 Å². The van der Waals surface area contributed by atoms with Crippen molar-refractivity contribution in [2.24, 2.45) is 0 Å². The second-order valence-corrected chi connectivity index (χ2v) is 4.01. The maximum Gasteiger partial charge on any atom is 0.0451 e. The molecule has 0 saturated heterocycles. The third-order valence-corrected chi connectivity index (χ3v) is 2.90. The molecule has 1 heteroatoms. The molecule has 0 bridgehead atoms. The molecule has 14 heavy (non-hydrogen) atoms. The van der Waals surface area contributed by atoms with Crippen molar-refractivity contribution in [3.05, 3.63) is 40.7 Å². The molecule has 0 aliphatic heterocycles. The van der Waals surface area contributed by atoms with Crippen LogP contribution >= 0.6 is 0 Å².